The van der Waals surface area contributed by atoms with Crippen molar-refractivity contribution in [1.29, 1.82) is 0 Å². The lowest BCUT2D eigenvalue weighted by molar-refractivity contribution is -0.128. The third kappa shape index (κ3) is 7.41. The second kappa shape index (κ2) is 10.4. The summed E-state index contributed by atoms with van der Waals surface area (Å²) < 4.78 is 5.51. The number of benzene rings is 1. The molecule has 0 spiro atoms. The third-order valence-corrected chi connectivity index (χ3v) is 4.30. The molecule has 0 aromatic heterocycles. The quantitative estimate of drug-likeness (QED) is 0.488. The molecule has 7 heteroatoms. The van der Waals surface area contributed by atoms with Gasteiger partial charge in [-0.15, -0.1) is 11.6 Å². The van der Waals surface area contributed by atoms with Crippen molar-refractivity contribution >= 4 is 35.0 Å². The molecular formula is C17H24Cl2N2O3. The molecule has 2 N–H and O–H groups in total. The number of alkyl halides is 1. The van der Waals surface area contributed by atoms with Crippen LogP contribution < -0.4 is 15.4 Å². The number of nitrogens with one attached hydrogen (secondary N) is 2. The molecule has 134 valence electrons. The van der Waals surface area contributed by atoms with Gasteiger partial charge in [0.15, 0.2) is 0 Å². The number of para-hydroxylation sites is 1. The Kier molecular flexibility index (Phi) is 8.93. The van der Waals surface area contributed by atoms with E-state index in [-0.39, 0.29) is 17.7 Å². The van der Waals surface area contributed by atoms with Gasteiger partial charge >= 0.3 is 0 Å². The van der Waals surface area contributed by atoms with E-state index >= 15 is 0 Å². The Hall–Kier alpha value is -1.46. The number of ether oxygens (including phenoxy) is 1. The van der Waals surface area contributed by atoms with Gasteiger partial charge in [-0.2, -0.15) is 0 Å². The summed E-state index contributed by atoms with van der Waals surface area (Å²) in [7, 11) is 0. The SMILES string of the molecule is CC(C)(CCl)C(=O)NCCNC(=O)CCCOc1ccccc1Cl. The Balaban J connectivity index is 2.10. The molecule has 0 radical (unpaired) electrons. The summed E-state index contributed by atoms with van der Waals surface area (Å²) in [5, 5.41) is 6.05. The molecule has 2 amide bonds. The van der Waals surface area contributed by atoms with Gasteiger partial charge < -0.3 is 15.4 Å². The molecule has 0 bridgehead atoms. The first-order valence-electron chi connectivity index (χ1n) is 7.85. The van der Waals surface area contributed by atoms with Gasteiger partial charge in [0.05, 0.1) is 17.0 Å². The molecule has 5 nitrogen and oxygen atoms in total. The van der Waals surface area contributed by atoms with Crippen LogP contribution in [-0.4, -0.2) is 37.4 Å². The van der Waals surface area contributed by atoms with Crippen LogP contribution in [0.2, 0.25) is 5.02 Å². The van der Waals surface area contributed by atoms with Crippen LogP contribution in [0.15, 0.2) is 24.3 Å². The number of amides is 2. The lowest BCUT2D eigenvalue weighted by atomic mass is 9.95. The Morgan fingerprint density at radius 2 is 1.83 bits per heavy atom. The first kappa shape index (κ1) is 20.6. The first-order chi connectivity index (χ1) is 11.4. The molecule has 0 aliphatic carbocycles. The molecule has 0 heterocycles. The smallest absolute Gasteiger partial charge is 0.226 e. The Bertz CT molecular complexity index is 550. The zero-order valence-electron chi connectivity index (χ0n) is 14.0. The van der Waals surface area contributed by atoms with Crippen molar-refractivity contribution in [2.75, 3.05) is 25.6 Å². The minimum Gasteiger partial charge on any atom is -0.492 e. The van der Waals surface area contributed by atoms with E-state index in [1.54, 1.807) is 26.0 Å². The fourth-order valence-electron chi connectivity index (χ4n) is 1.74. The summed E-state index contributed by atoms with van der Waals surface area (Å²) in [6.07, 6.45) is 0.939. The van der Waals surface area contributed by atoms with Crippen molar-refractivity contribution in [3.63, 3.8) is 0 Å². The molecule has 0 saturated carbocycles. The van der Waals surface area contributed by atoms with Gasteiger partial charge in [-0.25, -0.2) is 0 Å². The summed E-state index contributed by atoms with van der Waals surface area (Å²) in [5.74, 6) is 0.657. The molecule has 0 saturated heterocycles. The van der Waals surface area contributed by atoms with Crippen molar-refractivity contribution < 1.29 is 14.3 Å². The number of hydrogen-bond acceptors (Lipinski definition) is 3. The maximum absolute atomic E-state index is 11.8. The maximum atomic E-state index is 11.8. The van der Waals surface area contributed by atoms with Gasteiger partial charge in [0.1, 0.15) is 5.75 Å². The average molecular weight is 375 g/mol. The molecule has 24 heavy (non-hydrogen) atoms. The van der Waals surface area contributed by atoms with E-state index in [4.69, 9.17) is 27.9 Å². The molecule has 0 aliphatic heterocycles. The zero-order valence-corrected chi connectivity index (χ0v) is 15.5. The van der Waals surface area contributed by atoms with Gasteiger partial charge in [-0.05, 0) is 32.4 Å². The number of carbonyl (C=O) groups is 2. The van der Waals surface area contributed by atoms with Crippen LogP contribution in [-0.2, 0) is 9.59 Å². The van der Waals surface area contributed by atoms with Crippen LogP contribution in [0.3, 0.4) is 0 Å². The number of rotatable bonds is 10. The van der Waals surface area contributed by atoms with E-state index in [1.165, 1.54) is 0 Å². The predicted molar refractivity (Wildman–Crippen MR) is 96.7 cm³/mol. The summed E-state index contributed by atoms with van der Waals surface area (Å²) in [6, 6.07) is 7.21. The Morgan fingerprint density at radius 3 is 2.50 bits per heavy atom. The van der Waals surface area contributed by atoms with Crippen LogP contribution >= 0.6 is 23.2 Å². The van der Waals surface area contributed by atoms with Gasteiger partial charge in [0.2, 0.25) is 11.8 Å². The largest absolute Gasteiger partial charge is 0.492 e. The lowest BCUT2D eigenvalue weighted by Gasteiger charge is -2.20. The van der Waals surface area contributed by atoms with Crippen LogP contribution in [0.5, 0.6) is 5.75 Å². The van der Waals surface area contributed by atoms with E-state index in [0.29, 0.717) is 43.3 Å². The lowest BCUT2D eigenvalue weighted by Crippen LogP contribution is -2.41. The highest BCUT2D eigenvalue weighted by Gasteiger charge is 2.25. The van der Waals surface area contributed by atoms with E-state index < -0.39 is 5.41 Å². The minimum absolute atomic E-state index is 0.0800. The topological polar surface area (TPSA) is 67.4 Å². The normalized spacial score (nSPS) is 11.0. The minimum atomic E-state index is -0.610. The van der Waals surface area contributed by atoms with Crippen molar-refractivity contribution in [3.8, 4) is 5.75 Å². The summed E-state index contributed by atoms with van der Waals surface area (Å²) in [4.78, 5) is 23.5. The highest BCUT2D eigenvalue weighted by atomic mass is 35.5. The number of halogens is 2. The molecule has 1 aromatic carbocycles. The van der Waals surface area contributed by atoms with Crippen molar-refractivity contribution in [2.24, 2.45) is 5.41 Å². The van der Waals surface area contributed by atoms with Crippen molar-refractivity contribution in [1.82, 2.24) is 10.6 Å². The number of carbonyl (C=O) groups excluding carboxylic acids is 2. The summed E-state index contributed by atoms with van der Waals surface area (Å²) >= 11 is 11.7. The zero-order chi connectivity index (χ0) is 18.0. The standard InChI is InChI=1S/C17H24Cl2N2O3/c1-17(2,12-18)16(23)21-10-9-20-15(22)8-5-11-24-14-7-4-3-6-13(14)19/h3-4,6-7H,5,8-12H2,1-2H3,(H,20,22)(H,21,23). The fourth-order valence-corrected chi connectivity index (χ4v) is 2.05. The number of hydrogen-bond donors (Lipinski definition) is 2. The van der Waals surface area contributed by atoms with Crippen LogP contribution in [0, 0.1) is 5.41 Å². The predicted octanol–water partition coefficient (Wildman–Crippen LogP) is 3.00. The summed E-state index contributed by atoms with van der Waals surface area (Å²) in [6.45, 7) is 4.72. The highest BCUT2D eigenvalue weighted by Crippen LogP contribution is 2.23. The van der Waals surface area contributed by atoms with E-state index in [1.807, 2.05) is 12.1 Å². The second-order valence-electron chi connectivity index (χ2n) is 6.01. The molecular weight excluding hydrogens is 351 g/mol. The molecule has 0 unspecified atom stereocenters. The monoisotopic (exact) mass is 374 g/mol. The van der Waals surface area contributed by atoms with Crippen molar-refractivity contribution in [3.05, 3.63) is 29.3 Å². The Labute approximate surface area is 153 Å². The van der Waals surface area contributed by atoms with Gasteiger partial charge in [0, 0.05) is 25.4 Å². The van der Waals surface area contributed by atoms with E-state index in [0.717, 1.165) is 0 Å². The van der Waals surface area contributed by atoms with Gasteiger partial charge in [-0.3, -0.25) is 9.59 Å². The van der Waals surface area contributed by atoms with Crippen LogP contribution in [0.1, 0.15) is 26.7 Å². The first-order valence-corrected chi connectivity index (χ1v) is 8.76. The fraction of sp³-hybridized carbons (Fsp3) is 0.529. The van der Waals surface area contributed by atoms with Crippen LogP contribution in [0.25, 0.3) is 0 Å². The maximum Gasteiger partial charge on any atom is 0.226 e. The average Bonchev–Trinajstić information content (AvgIpc) is 2.56. The summed E-state index contributed by atoms with van der Waals surface area (Å²) in [5.41, 5.74) is -0.610. The molecule has 0 fully saturated rings. The molecule has 1 aromatic rings. The van der Waals surface area contributed by atoms with E-state index in [9.17, 15) is 9.59 Å². The van der Waals surface area contributed by atoms with Crippen LogP contribution in [0.4, 0.5) is 0 Å². The van der Waals surface area contributed by atoms with Crippen molar-refractivity contribution in [2.45, 2.75) is 26.7 Å². The highest BCUT2D eigenvalue weighted by molar-refractivity contribution is 6.32. The van der Waals surface area contributed by atoms with Gasteiger partial charge in [0.25, 0.3) is 0 Å². The third-order valence-electron chi connectivity index (χ3n) is 3.32. The molecule has 0 aliphatic rings. The second-order valence-corrected chi connectivity index (χ2v) is 6.68. The van der Waals surface area contributed by atoms with Gasteiger partial charge in [-0.1, -0.05) is 23.7 Å². The molecule has 1 rings (SSSR count). The Morgan fingerprint density at radius 1 is 1.17 bits per heavy atom. The molecule has 0 atom stereocenters. The van der Waals surface area contributed by atoms with E-state index in [2.05, 4.69) is 10.6 Å².